The van der Waals surface area contributed by atoms with E-state index in [1.807, 2.05) is 11.3 Å². The first-order valence-corrected chi connectivity index (χ1v) is 7.78. The fourth-order valence-corrected chi connectivity index (χ4v) is 3.72. The maximum atomic E-state index is 3.74. The SMILES string of the molecule is CC(CC1CC1)NC(C)c1cc2ccccc2s1. The van der Waals surface area contributed by atoms with Crippen LogP contribution in [0.3, 0.4) is 0 Å². The van der Waals surface area contributed by atoms with E-state index in [0.29, 0.717) is 12.1 Å². The lowest BCUT2D eigenvalue weighted by molar-refractivity contribution is 0.442. The van der Waals surface area contributed by atoms with Gasteiger partial charge in [-0.1, -0.05) is 31.0 Å². The Kier molecular flexibility index (Phi) is 3.40. The van der Waals surface area contributed by atoms with E-state index in [-0.39, 0.29) is 0 Å². The maximum absolute atomic E-state index is 3.74. The minimum Gasteiger partial charge on any atom is -0.307 e. The van der Waals surface area contributed by atoms with Gasteiger partial charge in [0.2, 0.25) is 0 Å². The monoisotopic (exact) mass is 259 g/mol. The molecule has 1 saturated carbocycles. The lowest BCUT2D eigenvalue weighted by atomic mass is 10.1. The molecule has 2 atom stereocenters. The van der Waals surface area contributed by atoms with Crippen molar-refractivity contribution in [3.05, 3.63) is 35.2 Å². The summed E-state index contributed by atoms with van der Waals surface area (Å²) in [6.07, 6.45) is 4.24. The van der Waals surface area contributed by atoms with Gasteiger partial charge in [0.05, 0.1) is 0 Å². The van der Waals surface area contributed by atoms with Gasteiger partial charge in [-0.15, -0.1) is 11.3 Å². The molecule has 2 aromatic rings. The van der Waals surface area contributed by atoms with Gasteiger partial charge in [-0.25, -0.2) is 0 Å². The van der Waals surface area contributed by atoms with Crippen LogP contribution in [0.25, 0.3) is 10.1 Å². The first kappa shape index (κ1) is 12.2. The van der Waals surface area contributed by atoms with Crippen molar-refractivity contribution in [3.63, 3.8) is 0 Å². The lowest BCUT2D eigenvalue weighted by Gasteiger charge is -2.18. The molecule has 1 nitrogen and oxygen atoms in total. The van der Waals surface area contributed by atoms with Crippen molar-refractivity contribution < 1.29 is 0 Å². The van der Waals surface area contributed by atoms with E-state index in [4.69, 9.17) is 0 Å². The molecule has 0 bridgehead atoms. The molecule has 96 valence electrons. The molecule has 0 saturated heterocycles. The van der Waals surface area contributed by atoms with Crippen LogP contribution < -0.4 is 5.32 Å². The lowest BCUT2D eigenvalue weighted by Crippen LogP contribution is -2.28. The molecule has 1 heterocycles. The van der Waals surface area contributed by atoms with Crippen LogP contribution >= 0.6 is 11.3 Å². The molecule has 18 heavy (non-hydrogen) atoms. The normalized spacial score (nSPS) is 19.0. The Labute approximate surface area is 113 Å². The molecule has 0 radical (unpaired) electrons. The Morgan fingerprint density at radius 2 is 2.06 bits per heavy atom. The summed E-state index contributed by atoms with van der Waals surface area (Å²) in [4.78, 5) is 1.46. The second kappa shape index (κ2) is 5.02. The first-order valence-electron chi connectivity index (χ1n) is 6.97. The third kappa shape index (κ3) is 2.76. The highest BCUT2D eigenvalue weighted by atomic mass is 32.1. The largest absolute Gasteiger partial charge is 0.307 e. The second-order valence-electron chi connectivity index (χ2n) is 5.66. The summed E-state index contributed by atoms with van der Waals surface area (Å²) >= 11 is 1.92. The van der Waals surface area contributed by atoms with E-state index < -0.39 is 0 Å². The molecule has 0 spiro atoms. The van der Waals surface area contributed by atoms with Gasteiger partial charge >= 0.3 is 0 Å². The minimum absolute atomic E-state index is 0.469. The fraction of sp³-hybridized carbons (Fsp3) is 0.500. The Morgan fingerprint density at radius 1 is 1.28 bits per heavy atom. The molecule has 1 N–H and O–H groups in total. The Hall–Kier alpha value is -0.860. The molecule has 1 aliphatic carbocycles. The topological polar surface area (TPSA) is 12.0 Å². The Morgan fingerprint density at radius 3 is 2.78 bits per heavy atom. The maximum Gasteiger partial charge on any atom is 0.0388 e. The van der Waals surface area contributed by atoms with E-state index in [2.05, 4.69) is 49.5 Å². The van der Waals surface area contributed by atoms with Crippen LogP contribution in [-0.4, -0.2) is 6.04 Å². The van der Waals surface area contributed by atoms with Gasteiger partial charge in [0, 0.05) is 21.7 Å². The van der Waals surface area contributed by atoms with Crippen LogP contribution in [0.15, 0.2) is 30.3 Å². The average molecular weight is 259 g/mol. The van der Waals surface area contributed by atoms with E-state index in [9.17, 15) is 0 Å². The van der Waals surface area contributed by atoms with Crippen LogP contribution in [-0.2, 0) is 0 Å². The highest BCUT2D eigenvalue weighted by Gasteiger charge is 2.24. The minimum atomic E-state index is 0.469. The van der Waals surface area contributed by atoms with E-state index >= 15 is 0 Å². The molecule has 2 heteroatoms. The highest BCUT2D eigenvalue weighted by molar-refractivity contribution is 7.19. The smallest absolute Gasteiger partial charge is 0.0388 e. The highest BCUT2D eigenvalue weighted by Crippen LogP contribution is 2.34. The zero-order chi connectivity index (χ0) is 12.5. The van der Waals surface area contributed by atoms with Gasteiger partial charge in [-0.2, -0.15) is 0 Å². The van der Waals surface area contributed by atoms with Gasteiger partial charge in [-0.3, -0.25) is 0 Å². The van der Waals surface area contributed by atoms with E-state index in [1.54, 1.807) is 0 Å². The third-order valence-electron chi connectivity index (χ3n) is 3.79. The predicted molar refractivity (Wildman–Crippen MR) is 80.2 cm³/mol. The van der Waals surface area contributed by atoms with Crippen molar-refractivity contribution >= 4 is 21.4 Å². The number of thiophene rings is 1. The fourth-order valence-electron chi connectivity index (χ4n) is 2.65. The van der Waals surface area contributed by atoms with E-state index in [1.165, 1.54) is 34.2 Å². The summed E-state index contributed by atoms with van der Waals surface area (Å²) in [5, 5.41) is 5.11. The summed E-state index contributed by atoms with van der Waals surface area (Å²) in [6.45, 7) is 4.61. The molecular formula is C16H21NS. The van der Waals surface area contributed by atoms with Crippen LogP contribution in [0.4, 0.5) is 0 Å². The van der Waals surface area contributed by atoms with E-state index in [0.717, 1.165) is 5.92 Å². The first-order chi connectivity index (χ1) is 8.72. The van der Waals surface area contributed by atoms with Crippen molar-refractivity contribution in [2.75, 3.05) is 0 Å². The van der Waals surface area contributed by atoms with Gasteiger partial charge < -0.3 is 5.32 Å². The summed E-state index contributed by atoms with van der Waals surface area (Å²) in [6, 6.07) is 12.1. The Balaban J connectivity index is 1.68. The molecular weight excluding hydrogens is 238 g/mol. The molecule has 1 aromatic heterocycles. The second-order valence-corrected chi connectivity index (χ2v) is 6.77. The van der Waals surface area contributed by atoms with Crippen LogP contribution in [0, 0.1) is 5.92 Å². The zero-order valence-electron chi connectivity index (χ0n) is 11.1. The molecule has 0 amide bonds. The summed E-state index contributed by atoms with van der Waals surface area (Å²) in [7, 11) is 0. The van der Waals surface area contributed by atoms with Gasteiger partial charge in [0.1, 0.15) is 0 Å². The van der Waals surface area contributed by atoms with Crippen molar-refractivity contribution in [2.45, 2.75) is 45.2 Å². The van der Waals surface area contributed by atoms with Crippen molar-refractivity contribution in [3.8, 4) is 0 Å². The number of benzene rings is 1. The number of hydrogen-bond donors (Lipinski definition) is 1. The molecule has 1 aromatic carbocycles. The van der Waals surface area contributed by atoms with Crippen LogP contribution in [0.1, 0.15) is 44.0 Å². The third-order valence-corrected chi connectivity index (χ3v) is 5.09. The number of hydrogen-bond acceptors (Lipinski definition) is 2. The molecule has 1 fully saturated rings. The number of rotatable bonds is 5. The van der Waals surface area contributed by atoms with Gasteiger partial charge in [0.15, 0.2) is 0 Å². The quantitative estimate of drug-likeness (QED) is 0.817. The number of fused-ring (bicyclic) bond motifs is 1. The summed E-state index contributed by atoms with van der Waals surface area (Å²) < 4.78 is 1.40. The molecule has 2 unspecified atom stereocenters. The molecule has 0 aliphatic heterocycles. The van der Waals surface area contributed by atoms with Crippen molar-refractivity contribution in [2.24, 2.45) is 5.92 Å². The predicted octanol–water partition coefficient (Wildman–Crippen LogP) is 4.74. The summed E-state index contributed by atoms with van der Waals surface area (Å²) in [5.74, 6) is 1.00. The van der Waals surface area contributed by atoms with Gasteiger partial charge in [0.25, 0.3) is 0 Å². The average Bonchev–Trinajstić information content (AvgIpc) is 3.05. The standard InChI is InChI=1S/C16H21NS/c1-11(9-13-7-8-13)17-12(2)16-10-14-5-3-4-6-15(14)18-16/h3-6,10-13,17H,7-9H2,1-2H3. The van der Waals surface area contributed by atoms with Crippen molar-refractivity contribution in [1.82, 2.24) is 5.32 Å². The molecule has 3 rings (SSSR count). The van der Waals surface area contributed by atoms with Crippen LogP contribution in [0.5, 0.6) is 0 Å². The summed E-state index contributed by atoms with van der Waals surface area (Å²) in [5.41, 5.74) is 0. The Bertz CT molecular complexity index is 494. The molecule has 1 aliphatic rings. The van der Waals surface area contributed by atoms with Gasteiger partial charge in [-0.05, 0) is 43.7 Å². The number of nitrogens with one attached hydrogen (secondary N) is 1. The zero-order valence-corrected chi connectivity index (χ0v) is 12.0. The van der Waals surface area contributed by atoms with Crippen molar-refractivity contribution in [1.29, 1.82) is 0 Å². The van der Waals surface area contributed by atoms with Crippen LogP contribution in [0.2, 0.25) is 0 Å².